The quantitative estimate of drug-likeness (QED) is 0.407. The zero-order chi connectivity index (χ0) is 26.4. The molecule has 3 aliphatic heterocycles. The lowest BCUT2D eigenvalue weighted by atomic mass is 9.83. The normalized spacial score (nSPS) is 23.1. The molecule has 204 valence electrons. The van der Waals surface area contributed by atoms with E-state index in [0.29, 0.717) is 63.5 Å². The lowest BCUT2D eigenvalue weighted by Gasteiger charge is -2.30. The number of carboxylic acids is 1. The van der Waals surface area contributed by atoms with E-state index < -0.39 is 11.9 Å². The van der Waals surface area contributed by atoms with Gasteiger partial charge in [-0.05, 0) is 43.4 Å². The van der Waals surface area contributed by atoms with E-state index in [1.54, 1.807) is 4.90 Å². The highest BCUT2D eigenvalue weighted by Crippen LogP contribution is 2.43. The number of hydrogen-bond acceptors (Lipinski definition) is 7. The second kappa shape index (κ2) is 12.6. The molecule has 2 saturated heterocycles. The summed E-state index contributed by atoms with van der Waals surface area (Å²) in [6, 6.07) is 5.28. The molecule has 2 fully saturated rings. The van der Waals surface area contributed by atoms with Crippen LogP contribution < -0.4 is 15.2 Å². The Kier molecular flexibility index (Phi) is 9.26. The van der Waals surface area contributed by atoms with Crippen molar-refractivity contribution in [2.45, 2.75) is 57.4 Å². The van der Waals surface area contributed by atoms with Crippen LogP contribution in [0.3, 0.4) is 0 Å². The molecular weight excluding hydrogens is 476 g/mol. The van der Waals surface area contributed by atoms with Gasteiger partial charge in [-0.15, -0.1) is 0 Å². The zero-order valence-electron chi connectivity index (χ0n) is 21.8. The minimum atomic E-state index is -0.871. The van der Waals surface area contributed by atoms with E-state index in [2.05, 4.69) is 6.92 Å². The van der Waals surface area contributed by atoms with Crippen molar-refractivity contribution in [1.29, 1.82) is 0 Å². The fourth-order valence-electron chi connectivity index (χ4n) is 5.91. The van der Waals surface area contributed by atoms with Crippen LogP contribution in [-0.2, 0) is 14.4 Å². The van der Waals surface area contributed by atoms with Crippen molar-refractivity contribution in [1.82, 2.24) is 14.7 Å². The Balaban J connectivity index is 1.54. The maximum Gasteiger partial charge on any atom is 0.308 e. The van der Waals surface area contributed by atoms with Crippen LogP contribution in [0.1, 0.15) is 56.9 Å². The molecule has 10 nitrogen and oxygen atoms in total. The van der Waals surface area contributed by atoms with Crippen LogP contribution in [0.4, 0.5) is 0 Å². The Morgan fingerprint density at radius 1 is 1.19 bits per heavy atom. The molecule has 3 heterocycles. The van der Waals surface area contributed by atoms with Gasteiger partial charge in [-0.1, -0.05) is 19.4 Å². The Bertz CT molecular complexity index is 972. The molecule has 4 rings (SSSR count). The third-order valence-electron chi connectivity index (χ3n) is 7.83. The summed E-state index contributed by atoms with van der Waals surface area (Å²) in [4.78, 5) is 43.8. The van der Waals surface area contributed by atoms with Gasteiger partial charge in [0.05, 0.1) is 12.5 Å². The first-order chi connectivity index (χ1) is 17.9. The van der Waals surface area contributed by atoms with Gasteiger partial charge >= 0.3 is 5.97 Å². The van der Waals surface area contributed by atoms with Crippen molar-refractivity contribution in [2.24, 2.45) is 11.7 Å². The number of amides is 2. The summed E-state index contributed by atoms with van der Waals surface area (Å²) in [5, 5.41) is 10.4. The predicted octanol–water partition coefficient (Wildman–Crippen LogP) is 1.87. The lowest BCUT2D eigenvalue weighted by molar-refractivity contribution is -0.144. The van der Waals surface area contributed by atoms with Gasteiger partial charge in [-0.3, -0.25) is 19.3 Å². The molecule has 3 atom stereocenters. The van der Waals surface area contributed by atoms with Gasteiger partial charge in [0.2, 0.25) is 18.6 Å². The Hall–Kier alpha value is -2.85. The van der Waals surface area contributed by atoms with Gasteiger partial charge in [0.25, 0.3) is 0 Å². The van der Waals surface area contributed by atoms with Crippen LogP contribution in [-0.4, -0.2) is 96.2 Å². The number of likely N-dealkylation sites (tertiary alicyclic amines) is 2. The van der Waals surface area contributed by atoms with Crippen molar-refractivity contribution < 1.29 is 29.0 Å². The van der Waals surface area contributed by atoms with E-state index >= 15 is 0 Å². The Morgan fingerprint density at radius 2 is 2.00 bits per heavy atom. The number of benzene rings is 1. The molecule has 1 aromatic carbocycles. The largest absolute Gasteiger partial charge is 0.481 e. The smallest absolute Gasteiger partial charge is 0.308 e. The summed E-state index contributed by atoms with van der Waals surface area (Å²) < 4.78 is 11.0. The van der Waals surface area contributed by atoms with Gasteiger partial charge in [0.1, 0.15) is 0 Å². The monoisotopic (exact) mass is 516 g/mol. The molecule has 0 radical (unpaired) electrons. The molecule has 0 saturated carbocycles. The molecule has 0 unspecified atom stereocenters. The molecule has 37 heavy (non-hydrogen) atoms. The number of carboxylic acid groups (broad SMARTS) is 1. The maximum atomic E-state index is 13.3. The molecular formula is C27H40N4O6. The summed E-state index contributed by atoms with van der Waals surface area (Å²) in [5.74, 6) is -0.425. The molecule has 3 aliphatic rings. The number of unbranched alkanes of at least 4 members (excludes halogenated alkanes) is 1. The lowest BCUT2D eigenvalue weighted by Crippen LogP contribution is -2.45. The number of ether oxygens (including phenoxy) is 2. The van der Waals surface area contributed by atoms with Crippen molar-refractivity contribution in [2.75, 3.05) is 52.6 Å². The Labute approximate surface area is 218 Å². The Morgan fingerprint density at radius 3 is 2.70 bits per heavy atom. The number of carbonyl (C=O) groups excluding carboxylic acids is 2. The molecule has 0 aliphatic carbocycles. The highest BCUT2D eigenvalue weighted by Gasteiger charge is 2.47. The van der Waals surface area contributed by atoms with E-state index in [-0.39, 0.29) is 37.1 Å². The number of rotatable bonds is 13. The fourth-order valence-corrected chi connectivity index (χ4v) is 5.91. The van der Waals surface area contributed by atoms with Gasteiger partial charge in [0, 0.05) is 57.6 Å². The number of carbonyl (C=O) groups is 3. The van der Waals surface area contributed by atoms with Gasteiger partial charge in [-0.25, -0.2) is 0 Å². The van der Waals surface area contributed by atoms with Gasteiger partial charge < -0.3 is 30.1 Å². The number of fused-ring (bicyclic) bond motifs is 1. The van der Waals surface area contributed by atoms with Gasteiger partial charge in [-0.2, -0.15) is 0 Å². The standard InChI is InChI=1S/C27H40N4O6/c1-2-3-11-30(14-10-28)25(33)17-31-16-20(19-8-9-22-23(15-19)37-18-36-22)26(27(34)35)21(31)6-4-12-29-13-5-7-24(29)32/h8-9,15,20-21,26H,2-7,10-14,16-18,28H2,1H3,(H,34,35)/t20-,21+,26-/m1/s1. The second-order valence-electron chi connectivity index (χ2n) is 10.2. The number of nitrogens with zero attached hydrogens (tertiary/aromatic N) is 3. The van der Waals surface area contributed by atoms with Crippen molar-refractivity contribution in [3.63, 3.8) is 0 Å². The zero-order valence-corrected chi connectivity index (χ0v) is 21.8. The summed E-state index contributed by atoms with van der Waals surface area (Å²) in [5.41, 5.74) is 6.65. The van der Waals surface area contributed by atoms with Crippen LogP contribution in [0.2, 0.25) is 0 Å². The first-order valence-electron chi connectivity index (χ1n) is 13.5. The molecule has 2 amide bonds. The highest BCUT2D eigenvalue weighted by molar-refractivity contribution is 5.79. The maximum absolute atomic E-state index is 13.3. The summed E-state index contributed by atoms with van der Waals surface area (Å²) in [7, 11) is 0. The highest BCUT2D eigenvalue weighted by atomic mass is 16.7. The molecule has 10 heteroatoms. The number of nitrogens with two attached hydrogens (primary N) is 1. The summed E-state index contributed by atoms with van der Waals surface area (Å²) in [6.45, 7) is 5.76. The first-order valence-corrected chi connectivity index (χ1v) is 13.5. The van der Waals surface area contributed by atoms with E-state index in [1.807, 2.05) is 28.0 Å². The van der Waals surface area contributed by atoms with Crippen molar-refractivity contribution >= 4 is 17.8 Å². The van der Waals surface area contributed by atoms with Crippen molar-refractivity contribution in [3.8, 4) is 11.5 Å². The van der Waals surface area contributed by atoms with Gasteiger partial charge in [0.15, 0.2) is 11.5 Å². The SMILES string of the molecule is CCCCN(CCN)C(=O)CN1C[C@H](c2ccc3c(c2)OCO3)[C@@H](C(=O)O)[C@@H]1CCCN1CCCC1=O. The van der Waals surface area contributed by atoms with Crippen LogP contribution >= 0.6 is 0 Å². The summed E-state index contributed by atoms with van der Waals surface area (Å²) >= 11 is 0. The van der Waals surface area contributed by atoms with E-state index in [1.165, 1.54) is 0 Å². The minimum absolute atomic E-state index is 0.0194. The van der Waals surface area contributed by atoms with E-state index in [9.17, 15) is 19.5 Å². The minimum Gasteiger partial charge on any atom is -0.481 e. The second-order valence-corrected chi connectivity index (χ2v) is 10.2. The van der Waals surface area contributed by atoms with Crippen LogP contribution in [0.15, 0.2) is 18.2 Å². The number of hydrogen-bond donors (Lipinski definition) is 2. The van der Waals surface area contributed by atoms with Crippen LogP contribution in [0.5, 0.6) is 11.5 Å². The topological polar surface area (TPSA) is 126 Å². The fraction of sp³-hybridized carbons (Fsp3) is 0.667. The molecule has 3 N–H and O–H groups in total. The number of aliphatic carboxylic acids is 1. The third kappa shape index (κ3) is 6.35. The third-order valence-corrected chi connectivity index (χ3v) is 7.83. The van der Waals surface area contributed by atoms with E-state index in [0.717, 1.165) is 31.4 Å². The molecule has 0 bridgehead atoms. The molecule has 1 aromatic rings. The van der Waals surface area contributed by atoms with E-state index in [4.69, 9.17) is 15.2 Å². The van der Waals surface area contributed by atoms with Crippen molar-refractivity contribution in [3.05, 3.63) is 23.8 Å². The summed E-state index contributed by atoms with van der Waals surface area (Å²) in [6.07, 6.45) is 4.63. The predicted molar refractivity (Wildman–Crippen MR) is 137 cm³/mol. The molecule has 0 aromatic heterocycles. The van der Waals surface area contributed by atoms with Crippen LogP contribution in [0, 0.1) is 5.92 Å². The van der Waals surface area contributed by atoms with Crippen LogP contribution in [0.25, 0.3) is 0 Å². The average molecular weight is 517 g/mol. The molecule has 0 spiro atoms. The first kappa shape index (κ1) is 27.2. The average Bonchev–Trinajstić information content (AvgIpc) is 3.60.